The Labute approximate surface area is 139 Å². The Kier molecular flexibility index (Phi) is 5.44. The Morgan fingerprint density at radius 2 is 1.96 bits per heavy atom. The summed E-state index contributed by atoms with van der Waals surface area (Å²) in [5.41, 5.74) is 0. The Balaban J connectivity index is 1.69. The molecular weight excluding hydrogens is 288 g/mol. The molecular formula is C20H30O3. The van der Waals surface area contributed by atoms with Crippen molar-refractivity contribution in [2.24, 2.45) is 29.6 Å². The van der Waals surface area contributed by atoms with Crippen molar-refractivity contribution in [3.8, 4) is 11.8 Å². The average molecular weight is 318 g/mol. The highest BCUT2D eigenvalue weighted by Gasteiger charge is 2.55. The number of hydrogen-bond donors (Lipinski definition) is 2. The molecule has 3 nitrogen and oxygen atoms in total. The van der Waals surface area contributed by atoms with Crippen LogP contribution in [0.5, 0.6) is 0 Å². The highest BCUT2D eigenvalue weighted by atomic mass is 16.3. The van der Waals surface area contributed by atoms with E-state index in [1.807, 2.05) is 0 Å². The zero-order valence-electron chi connectivity index (χ0n) is 14.2. The summed E-state index contributed by atoms with van der Waals surface area (Å²) in [5, 5.41) is 20.7. The summed E-state index contributed by atoms with van der Waals surface area (Å²) in [6, 6.07) is 0. The van der Waals surface area contributed by atoms with Crippen molar-refractivity contribution in [3.63, 3.8) is 0 Å². The van der Waals surface area contributed by atoms with Gasteiger partial charge in [0.05, 0.1) is 12.0 Å². The highest BCUT2D eigenvalue weighted by Crippen LogP contribution is 2.51. The average Bonchev–Trinajstić information content (AvgIpc) is 3.08. The Morgan fingerprint density at radius 1 is 1.22 bits per heavy atom. The molecule has 6 atom stereocenters. The molecule has 0 heterocycles. The van der Waals surface area contributed by atoms with Crippen LogP contribution in [0, 0.1) is 41.4 Å². The van der Waals surface area contributed by atoms with Crippen LogP contribution in [0.2, 0.25) is 0 Å². The highest BCUT2D eigenvalue weighted by molar-refractivity contribution is 5.90. The second kappa shape index (κ2) is 7.36. The topological polar surface area (TPSA) is 57.5 Å². The van der Waals surface area contributed by atoms with E-state index in [-0.39, 0.29) is 23.7 Å². The van der Waals surface area contributed by atoms with Crippen LogP contribution in [0.25, 0.3) is 0 Å². The maximum absolute atomic E-state index is 12.3. The smallest absolute Gasteiger partial charge is 0.139 e. The second-order valence-electron chi connectivity index (χ2n) is 7.78. The van der Waals surface area contributed by atoms with Gasteiger partial charge >= 0.3 is 0 Å². The second-order valence-corrected chi connectivity index (χ2v) is 7.78. The van der Waals surface area contributed by atoms with Gasteiger partial charge in [-0.2, -0.15) is 0 Å². The van der Waals surface area contributed by atoms with Gasteiger partial charge < -0.3 is 10.2 Å². The molecule has 128 valence electrons. The summed E-state index contributed by atoms with van der Waals surface area (Å²) >= 11 is 0. The zero-order chi connectivity index (χ0) is 16.4. The molecule has 3 fully saturated rings. The molecule has 0 aromatic rings. The summed E-state index contributed by atoms with van der Waals surface area (Å²) in [6.07, 6.45) is 8.10. The molecule has 0 aromatic heterocycles. The van der Waals surface area contributed by atoms with E-state index in [1.165, 1.54) is 12.8 Å². The molecule has 3 rings (SSSR count). The van der Waals surface area contributed by atoms with Gasteiger partial charge in [-0.1, -0.05) is 44.4 Å². The minimum atomic E-state index is -0.560. The number of fused-ring (bicyclic) bond motifs is 1. The van der Waals surface area contributed by atoms with Gasteiger partial charge in [-0.3, -0.25) is 4.79 Å². The van der Waals surface area contributed by atoms with E-state index in [9.17, 15) is 15.0 Å². The van der Waals surface area contributed by atoms with Gasteiger partial charge in [-0.05, 0) is 43.9 Å². The first-order chi connectivity index (χ1) is 11.1. The molecule has 0 aliphatic heterocycles. The lowest BCUT2D eigenvalue weighted by atomic mass is 9.52. The van der Waals surface area contributed by atoms with Crippen LogP contribution >= 0.6 is 0 Å². The van der Waals surface area contributed by atoms with Crippen LogP contribution in [0.15, 0.2) is 0 Å². The first kappa shape index (κ1) is 17.0. The first-order valence-electron chi connectivity index (χ1n) is 9.54. The zero-order valence-corrected chi connectivity index (χ0v) is 14.2. The standard InChI is InChI=1S/C20H30O3/c1-2-3-8-15-19-14(18(22)12-10-16(19)20(15)23)9-11-17(21)13-6-4-5-7-13/h13-19,21-22H,2-8,10,12H2,1H3/t14-,15?,16-,17+,18+,19-/m0/s1. The van der Waals surface area contributed by atoms with Crippen LogP contribution in [0.1, 0.15) is 64.7 Å². The molecule has 0 radical (unpaired) electrons. The fourth-order valence-corrected chi connectivity index (χ4v) is 4.96. The summed E-state index contributed by atoms with van der Waals surface area (Å²) < 4.78 is 0. The fourth-order valence-electron chi connectivity index (χ4n) is 4.96. The monoisotopic (exact) mass is 318 g/mol. The van der Waals surface area contributed by atoms with Gasteiger partial charge in [-0.25, -0.2) is 0 Å². The van der Waals surface area contributed by atoms with Gasteiger partial charge in [-0.15, -0.1) is 0 Å². The van der Waals surface area contributed by atoms with Crippen molar-refractivity contribution >= 4 is 5.78 Å². The molecule has 3 aliphatic carbocycles. The number of hydrogen-bond acceptors (Lipinski definition) is 3. The number of aliphatic hydroxyl groups excluding tert-OH is 2. The summed E-state index contributed by atoms with van der Waals surface area (Å²) in [4.78, 5) is 12.3. The molecule has 3 aliphatic rings. The van der Waals surface area contributed by atoms with E-state index in [2.05, 4.69) is 18.8 Å². The molecule has 0 spiro atoms. The molecule has 0 bridgehead atoms. The van der Waals surface area contributed by atoms with Crippen LogP contribution in [0.3, 0.4) is 0 Å². The minimum Gasteiger partial charge on any atom is -0.392 e. The van der Waals surface area contributed by atoms with Gasteiger partial charge in [0, 0.05) is 11.8 Å². The van der Waals surface area contributed by atoms with E-state index >= 15 is 0 Å². The predicted molar refractivity (Wildman–Crippen MR) is 89.5 cm³/mol. The largest absolute Gasteiger partial charge is 0.392 e. The number of Topliss-reactive ketones (excluding diaryl/α,β-unsaturated/α-hetero) is 1. The SMILES string of the molecule is CCCCC1C(=O)[C@H]2CC[C@@H](O)[C@H](C#C[C@@H](O)C3CCCC3)[C@@H]12. The van der Waals surface area contributed by atoms with Crippen LogP contribution in [-0.2, 0) is 4.79 Å². The van der Waals surface area contributed by atoms with E-state index in [4.69, 9.17) is 0 Å². The molecule has 23 heavy (non-hydrogen) atoms. The van der Waals surface area contributed by atoms with Gasteiger partial charge in [0.2, 0.25) is 0 Å². The van der Waals surface area contributed by atoms with Gasteiger partial charge in [0.25, 0.3) is 0 Å². The van der Waals surface area contributed by atoms with E-state index in [0.717, 1.165) is 38.5 Å². The third-order valence-electron chi connectivity index (χ3n) is 6.38. The van der Waals surface area contributed by atoms with Gasteiger partial charge in [0.15, 0.2) is 0 Å². The maximum Gasteiger partial charge on any atom is 0.139 e. The van der Waals surface area contributed by atoms with E-state index < -0.39 is 12.2 Å². The van der Waals surface area contributed by atoms with Crippen molar-refractivity contribution < 1.29 is 15.0 Å². The van der Waals surface area contributed by atoms with Crippen LogP contribution in [0.4, 0.5) is 0 Å². The summed E-state index contributed by atoms with van der Waals surface area (Å²) in [7, 11) is 0. The predicted octanol–water partition coefficient (Wildman–Crippen LogP) is 2.93. The molecule has 1 unspecified atom stereocenters. The maximum atomic E-state index is 12.3. The van der Waals surface area contributed by atoms with E-state index in [0.29, 0.717) is 18.1 Å². The molecule has 2 N–H and O–H groups in total. The number of ketones is 1. The third kappa shape index (κ3) is 3.35. The first-order valence-corrected chi connectivity index (χ1v) is 9.54. The molecule has 3 heteroatoms. The molecule has 0 saturated heterocycles. The van der Waals surface area contributed by atoms with Crippen LogP contribution < -0.4 is 0 Å². The number of aliphatic hydroxyl groups is 2. The molecule has 3 saturated carbocycles. The van der Waals surface area contributed by atoms with Crippen molar-refractivity contribution in [3.05, 3.63) is 0 Å². The van der Waals surface area contributed by atoms with Gasteiger partial charge in [0.1, 0.15) is 11.9 Å². The van der Waals surface area contributed by atoms with E-state index in [1.54, 1.807) is 0 Å². The van der Waals surface area contributed by atoms with Crippen molar-refractivity contribution in [1.29, 1.82) is 0 Å². The quantitative estimate of drug-likeness (QED) is 0.784. The lowest BCUT2D eigenvalue weighted by Crippen LogP contribution is -2.56. The minimum absolute atomic E-state index is 0.0952. The normalized spacial score (nSPS) is 38.4. The Morgan fingerprint density at radius 3 is 2.65 bits per heavy atom. The third-order valence-corrected chi connectivity index (χ3v) is 6.38. The number of carbonyl (C=O) groups excluding carboxylic acids is 1. The van der Waals surface area contributed by atoms with Crippen LogP contribution in [-0.4, -0.2) is 28.2 Å². The fraction of sp³-hybridized carbons (Fsp3) is 0.850. The number of rotatable bonds is 4. The summed E-state index contributed by atoms with van der Waals surface area (Å²) in [6.45, 7) is 2.14. The van der Waals surface area contributed by atoms with Crippen molar-refractivity contribution in [2.45, 2.75) is 76.9 Å². The number of unbranched alkanes of at least 4 members (excludes halogenated alkanes) is 1. The van der Waals surface area contributed by atoms with Crippen molar-refractivity contribution in [2.75, 3.05) is 0 Å². The Bertz CT molecular complexity index is 483. The lowest BCUT2D eigenvalue weighted by Gasteiger charge is -2.50. The molecule has 0 amide bonds. The van der Waals surface area contributed by atoms with Crippen molar-refractivity contribution in [1.82, 2.24) is 0 Å². The molecule has 0 aromatic carbocycles. The summed E-state index contributed by atoms with van der Waals surface area (Å²) in [5.74, 6) is 7.26. The Hall–Kier alpha value is -0.850. The number of carbonyl (C=O) groups is 1. The lowest BCUT2D eigenvalue weighted by molar-refractivity contribution is -0.154.